The summed E-state index contributed by atoms with van der Waals surface area (Å²) < 4.78 is 10.7. The number of rotatable bonds is 3. The van der Waals surface area contributed by atoms with Gasteiger partial charge in [-0.25, -0.2) is 4.79 Å². The van der Waals surface area contributed by atoms with Gasteiger partial charge in [-0.05, 0) is 38.9 Å². The summed E-state index contributed by atoms with van der Waals surface area (Å²) in [6, 6.07) is 0. The SMILES string of the molecule is COC(=O)C1=C(O[Si](C)(C)C)CCCC1. The lowest BCUT2D eigenvalue weighted by atomic mass is 9.98. The fourth-order valence-electron chi connectivity index (χ4n) is 1.70. The molecule has 0 aromatic heterocycles. The molecular weight excluding hydrogens is 208 g/mol. The van der Waals surface area contributed by atoms with Gasteiger partial charge in [0, 0.05) is 6.42 Å². The van der Waals surface area contributed by atoms with Crippen LogP contribution in [0.4, 0.5) is 0 Å². The second kappa shape index (κ2) is 4.83. The first kappa shape index (κ1) is 12.3. The predicted molar refractivity (Wildman–Crippen MR) is 61.9 cm³/mol. The summed E-state index contributed by atoms with van der Waals surface area (Å²) in [6.45, 7) is 6.39. The van der Waals surface area contributed by atoms with Crippen molar-refractivity contribution in [1.29, 1.82) is 0 Å². The van der Waals surface area contributed by atoms with E-state index in [1.54, 1.807) is 0 Å². The van der Waals surface area contributed by atoms with Gasteiger partial charge in [0.25, 0.3) is 0 Å². The number of methoxy groups -OCH3 is 1. The molecule has 86 valence electrons. The number of esters is 1. The molecule has 0 unspecified atom stereocenters. The third kappa shape index (κ3) is 3.70. The van der Waals surface area contributed by atoms with E-state index in [1.165, 1.54) is 7.11 Å². The molecule has 3 nitrogen and oxygen atoms in total. The van der Waals surface area contributed by atoms with Gasteiger partial charge in [-0.2, -0.15) is 0 Å². The van der Waals surface area contributed by atoms with Crippen LogP contribution in [0.15, 0.2) is 11.3 Å². The van der Waals surface area contributed by atoms with Crippen LogP contribution >= 0.6 is 0 Å². The Labute approximate surface area is 92.6 Å². The standard InChI is InChI=1S/C11H20O3Si/c1-13-11(12)9-7-5-6-8-10(9)14-15(2,3)4/h5-8H2,1-4H3. The maximum atomic E-state index is 11.5. The lowest BCUT2D eigenvalue weighted by molar-refractivity contribution is -0.136. The maximum Gasteiger partial charge on any atom is 0.337 e. The van der Waals surface area contributed by atoms with Crippen LogP contribution in [0.2, 0.25) is 19.6 Å². The number of allylic oxidation sites excluding steroid dienone is 1. The third-order valence-corrected chi connectivity index (χ3v) is 3.14. The number of ether oxygens (including phenoxy) is 1. The molecule has 0 aliphatic heterocycles. The Morgan fingerprint density at radius 3 is 2.33 bits per heavy atom. The van der Waals surface area contributed by atoms with Gasteiger partial charge in [-0.3, -0.25) is 0 Å². The van der Waals surface area contributed by atoms with Gasteiger partial charge >= 0.3 is 5.97 Å². The average molecular weight is 228 g/mol. The quantitative estimate of drug-likeness (QED) is 0.550. The highest BCUT2D eigenvalue weighted by molar-refractivity contribution is 6.70. The zero-order chi connectivity index (χ0) is 11.5. The molecule has 0 fully saturated rings. The van der Waals surface area contributed by atoms with E-state index in [0.29, 0.717) is 0 Å². The predicted octanol–water partition coefficient (Wildman–Crippen LogP) is 2.84. The molecule has 0 saturated carbocycles. The summed E-state index contributed by atoms with van der Waals surface area (Å²) in [7, 11) is -0.184. The van der Waals surface area contributed by atoms with Gasteiger partial charge < -0.3 is 9.16 Å². The van der Waals surface area contributed by atoms with Crippen molar-refractivity contribution in [2.45, 2.75) is 45.3 Å². The fraction of sp³-hybridized carbons (Fsp3) is 0.727. The Balaban J connectivity index is 2.86. The summed E-state index contributed by atoms with van der Waals surface area (Å²) in [6.07, 6.45) is 3.85. The third-order valence-electron chi connectivity index (χ3n) is 2.28. The second-order valence-electron chi connectivity index (χ2n) is 4.81. The van der Waals surface area contributed by atoms with Gasteiger partial charge in [-0.1, -0.05) is 0 Å². The number of carbonyl (C=O) groups is 1. The zero-order valence-electron chi connectivity index (χ0n) is 10.1. The molecular formula is C11H20O3Si. The first-order valence-electron chi connectivity index (χ1n) is 5.43. The van der Waals surface area contributed by atoms with Crippen molar-refractivity contribution in [3.05, 3.63) is 11.3 Å². The van der Waals surface area contributed by atoms with E-state index < -0.39 is 8.32 Å². The number of hydrogen-bond donors (Lipinski definition) is 0. The Morgan fingerprint density at radius 2 is 1.80 bits per heavy atom. The number of hydrogen-bond acceptors (Lipinski definition) is 3. The monoisotopic (exact) mass is 228 g/mol. The molecule has 15 heavy (non-hydrogen) atoms. The van der Waals surface area contributed by atoms with E-state index in [1.807, 2.05) is 0 Å². The fourth-order valence-corrected chi connectivity index (χ4v) is 2.66. The Bertz CT molecular complexity index is 276. The van der Waals surface area contributed by atoms with E-state index >= 15 is 0 Å². The van der Waals surface area contributed by atoms with Gasteiger partial charge in [0.1, 0.15) is 0 Å². The highest BCUT2D eigenvalue weighted by Gasteiger charge is 2.25. The molecule has 0 amide bonds. The second-order valence-corrected chi connectivity index (χ2v) is 9.24. The first-order chi connectivity index (χ1) is 6.94. The molecule has 0 heterocycles. The summed E-state index contributed by atoms with van der Waals surface area (Å²) >= 11 is 0. The van der Waals surface area contributed by atoms with E-state index in [4.69, 9.17) is 9.16 Å². The van der Waals surface area contributed by atoms with E-state index in [0.717, 1.165) is 37.0 Å². The number of carbonyl (C=O) groups excluding carboxylic acids is 1. The van der Waals surface area contributed by atoms with Crippen LogP contribution in [0, 0.1) is 0 Å². The highest BCUT2D eigenvalue weighted by atomic mass is 28.4. The summed E-state index contributed by atoms with van der Waals surface area (Å²) in [4.78, 5) is 11.5. The van der Waals surface area contributed by atoms with Gasteiger partial charge in [0.05, 0.1) is 18.4 Å². The molecule has 0 spiro atoms. The zero-order valence-corrected chi connectivity index (χ0v) is 11.1. The van der Waals surface area contributed by atoms with Crippen molar-refractivity contribution in [1.82, 2.24) is 0 Å². The van der Waals surface area contributed by atoms with Crippen molar-refractivity contribution in [3.8, 4) is 0 Å². The molecule has 1 aliphatic rings. The Kier molecular flexibility index (Phi) is 3.96. The van der Waals surface area contributed by atoms with Crippen LogP contribution in [0.25, 0.3) is 0 Å². The van der Waals surface area contributed by atoms with Crippen molar-refractivity contribution < 1.29 is 14.0 Å². The Morgan fingerprint density at radius 1 is 1.20 bits per heavy atom. The van der Waals surface area contributed by atoms with Crippen LogP contribution in [-0.4, -0.2) is 21.4 Å². The Hall–Kier alpha value is -0.773. The summed E-state index contributed by atoms with van der Waals surface area (Å²) in [5, 5.41) is 0. The molecule has 0 N–H and O–H groups in total. The van der Waals surface area contributed by atoms with Crippen LogP contribution in [0.5, 0.6) is 0 Å². The average Bonchev–Trinajstić information content (AvgIpc) is 2.15. The molecule has 0 aromatic rings. The summed E-state index contributed by atoms with van der Waals surface area (Å²) in [5.74, 6) is 0.662. The minimum absolute atomic E-state index is 0.219. The topological polar surface area (TPSA) is 35.5 Å². The lowest BCUT2D eigenvalue weighted by Gasteiger charge is -2.26. The lowest BCUT2D eigenvalue weighted by Crippen LogP contribution is -2.27. The van der Waals surface area contributed by atoms with Crippen molar-refractivity contribution in [3.63, 3.8) is 0 Å². The van der Waals surface area contributed by atoms with Crippen LogP contribution in [0.3, 0.4) is 0 Å². The van der Waals surface area contributed by atoms with Crippen LogP contribution in [0.1, 0.15) is 25.7 Å². The summed E-state index contributed by atoms with van der Waals surface area (Å²) in [5.41, 5.74) is 0.756. The molecule has 0 bridgehead atoms. The smallest absolute Gasteiger partial charge is 0.337 e. The van der Waals surface area contributed by atoms with Crippen molar-refractivity contribution in [2.75, 3.05) is 7.11 Å². The first-order valence-corrected chi connectivity index (χ1v) is 8.84. The normalized spacial score (nSPS) is 17.6. The van der Waals surface area contributed by atoms with Gasteiger partial charge in [-0.15, -0.1) is 0 Å². The van der Waals surface area contributed by atoms with Crippen LogP contribution < -0.4 is 0 Å². The van der Waals surface area contributed by atoms with E-state index in [2.05, 4.69) is 19.6 Å². The molecule has 1 rings (SSSR count). The van der Waals surface area contributed by atoms with E-state index in [9.17, 15) is 4.79 Å². The molecule has 0 saturated heterocycles. The van der Waals surface area contributed by atoms with Gasteiger partial charge in [0.2, 0.25) is 8.32 Å². The minimum Gasteiger partial charge on any atom is -0.547 e. The molecule has 4 heteroatoms. The van der Waals surface area contributed by atoms with Crippen molar-refractivity contribution in [2.24, 2.45) is 0 Å². The van der Waals surface area contributed by atoms with Crippen LogP contribution in [-0.2, 0) is 14.0 Å². The molecule has 1 aliphatic carbocycles. The largest absolute Gasteiger partial charge is 0.547 e. The minimum atomic E-state index is -1.61. The van der Waals surface area contributed by atoms with Gasteiger partial charge in [0.15, 0.2) is 0 Å². The van der Waals surface area contributed by atoms with E-state index in [-0.39, 0.29) is 5.97 Å². The highest BCUT2D eigenvalue weighted by Crippen LogP contribution is 2.28. The van der Waals surface area contributed by atoms with Crippen molar-refractivity contribution >= 4 is 14.3 Å². The molecule has 0 radical (unpaired) electrons. The molecule has 0 atom stereocenters. The maximum absolute atomic E-state index is 11.5. The molecule has 0 aromatic carbocycles.